The van der Waals surface area contributed by atoms with Gasteiger partial charge in [0, 0.05) is 10.6 Å². The molecule has 0 saturated heterocycles. The number of ketones is 1. The Morgan fingerprint density at radius 3 is 2.34 bits per heavy atom. The molecule has 0 aromatic heterocycles. The SMILES string of the molecule is CCOC(=O)C1=C(c2ccccc2)NC(SCC(=O)c2ccc(OC)cc2)=C(C#N)C1c1ccccc1Cl. The van der Waals surface area contributed by atoms with E-state index in [0.29, 0.717) is 32.6 Å². The smallest absolute Gasteiger partial charge is 0.337 e. The minimum absolute atomic E-state index is 0.0753. The summed E-state index contributed by atoms with van der Waals surface area (Å²) in [5.41, 5.74) is 2.95. The number of Topliss-reactive ketones (excluding diaryl/α,β-unsaturated/α-hetero) is 1. The van der Waals surface area contributed by atoms with E-state index in [-0.39, 0.29) is 29.3 Å². The zero-order valence-corrected chi connectivity index (χ0v) is 22.4. The van der Waals surface area contributed by atoms with Crippen molar-refractivity contribution in [1.29, 1.82) is 5.26 Å². The van der Waals surface area contributed by atoms with Gasteiger partial charge in [-0.2, -0.15) is 5.26 Å². The molecule has 4 rings (SSSR count). The number of methoxy groups -OCH3 is 1. The lowest BCUT2D eigenvalue weighted by molar-refractivity contribution is -0.138. The molecule has 0 saturated carbocycles. The van der Waals surface area contributed by atoms with E-state index in [0.717, 1.165) is 5.56 Å². The van der Waals surface area contributed by atoms with Crippen molar-refractivity contribution in [3.8, 4) is 11.8 Å². The van der Waals surface area contributed by atoms with Crippen LogP contribution in [-0.4, -0.2) is 31.2 Å². The minimum Gasteiger partial charge on any atom is -0.497 e. The van der Waals surface area contributed by atoms with E-state index >= 15 is 0 Å². The number of thioether (sulfide) groups is 1. The second-order valence-corrected chi connectivity index (χ2v) is 9.64. The number of hydrogen-bond donors (Lipinski definition) is 1. The molecule has 0 aliphatic carbocycles. The Balaban J connectivity index is 1.81. The van der Waals surface area contributed by atoms with Gasteiger partial charge in [-0.25, -0.2) is 4.79 Å². The number of nitriles is 1. The highest BCUT2D eigenvalue weighted by Gasteiger charge is 2.38. The van der Waals surface area contributed by atoms with Crippen molar-refractivity contribution in [3.63, 3.8) is 0 Å². The number of ether oxygens (including phenoxy) is 2. The molecule has 1 aliphatic rings. The lowest BCUT2D eigenvalue weighted by Gasteiger charge is -2.31. The number of nitrogens with zero attached hydrogens (tertiary/aromatic N) is 1. The number of nitrogens with one attached hydrogen (secondary N) is 1. The number of benzene rings is 3. The molecule has 0 bridgehead atoms. The summed E-state index contributed by atoms with van der Waals surface area (Å²) in [4.78, 5) is 26.4. The molecule has 1 N–H and O–H groups in total. The van der Waals surface area contributed by atoms with Gasteiger partial charge in [-0.05, 0) is 48.4 Å². The maximum absolute atomic E-state index is 13.4. The normalized spacial score (nSPS) is 14.9. The zero-order valence-electron chi connectivity index (χ0n) is 20.9. The first-order valence-electron chi connectivity index (χ1n) is 11.9. The molecular formula is C30H25ClN2O4S. The molecule has 1 atom stereocenters. The number of carbonyl (C=O) groups is 2. The van der Waals surface area contributed by atoms with Crippen molar-refractivity contribution in [2.45, 2.75) is 12.8 Å². The lowest BCUT2D eigenvalue weighted by atomic mass is 9.81. The van der Waals surface area contributed by atoms with Crippen LogP contribution in [0.25, 0.3) is 5.70 Å². The van der Waals surface area contributed by atoms with Crippen molar-refractivity contribution < 1.29 is 19.1 Å². The summed E-state index contributed by atoms with van der Waals surface area (Å²) >= 11 is 7.81. The summed E-state index contributed by atoms with van der Waals surface area (Å²) in [6.45, 7) is 1.90. The third-order valence-electron chi connectivity index (χ3n) is 5.98. The Bertz CT molecular complexity index is 1440. The molecular weight excluding hydrogens is 520 g/mol. The van der Waals surface area contributed by atoms with Gasteiger partial charge >= 0.3 is 5.97 Å². The molecule has 0 spiro atoms. The first-order chi connectivity index (χ1) is 18.5. The fraction of sp³-hybridized carbons (Fsp3) is 0.167. The van der Waals surface area contributed by atoms with Crippen LogP contribution in [0.15, 0.2) is 95.0 Å². The standard InChI is InChI=1S/C30H25ClN2O4S/c1-3-37-30(35)27-26(22-11-7-8-12-24(22)31)23(17-32)29(33-28(27)20-9-5-4-6-10-20)38-18-25(34)19-13-15-21(36-2)16-14-19/h4-16,26,33H,3,18H2,1-2H3. The van der Waals surface area contributed by atoms with Gasteiger partial charge in [0.15, 0.2) is 5.78 Å². The van der Waals surface area contributed by atoms with Gasteiger partial charge < -0.3 is 14.8 Å². The molecule has 192 valence electrons. The van der Waals surface area contributed by atoms with Crippen LogP contribution in [-0.2, 0) is 9.53 Å². The number of hydrogen-bond acceptors (Lipinski definition) is 7. The minimum atomic E-state index is -0.789. The van der Waals surface area contributed by atoms with Crippen LogP contribution in [0.1, 0.15) is 34.3 Å². The summed E-state index contributed by atoms with van der Waals surface area (Å²) in [5, 5.41) is 14.5. The van der Waals surface area contributed by atoms with Gasteiger partial charge in [-0.15, -0.1) is 0 Å². The first kappa shape index (κ1) is 27.1. The number of dihydropyridines is 1. The largest absolute Gasteiger partial charge is 0.497 e. The average molecular weight is 545 g/mol. The second kappa shape index (κ2) is 12.5. The van der Waals surface area contributed by atoms with Crippen molar-refractivity contribution in [2.24, 2.45) is 0 Å². The molecule has 0 fully saturated rings. The Kier molecular flexibility index (Phi) is 8.90. The van der Waals surface area contributed by atoms with Crippen LogP contribution in [0.5, 0.6) is 5.75 Å². The predicted molar refractivity (Wildman–Crippen MR) is 150 cm³/mol. The third kappa shape index (κ3) is 5.77. The lowest BCUT2D eigenvalue weighted by Crippen LogP contribution is -2.29. The van der Waals surface area contributed by atoms with E-state index in [1.807, 2.05) is 36.4 Å². The number of carbonyl (C=O) groups excluding carboxylic acids is 2. The van der Waals surface area contributed by atoms with Crippen LogP contribution < -0.4 is 10.1 Å². The van der Waals surface area contributed by atoms with Gasteiger partial charge in [-0.1, -0.05) is 71.9 Å². The monoisotopic (exact) mass is 544 g/mol. The van der Waals surface area contributed by atoms with E-state index in [4.69, 9.17) is 21.1 Å². The summed E-state index contributed by atoms with van der Waals surface area (Å²) in [6, 6.07) is 25.6. The molecule has 3 aromatic rings. The number of esters is 1. The van der Waals surface area contributed by atoms with Crippen molar-refractivity contribution in [3.05, 3.63) is 117 Å². The van der Waals surface area contributed by atoms with Crippen LogP contribution in [0, 0.1) is 11.3 Å². The first-order valence-corrected chi connectivity index (χ1v) is 13.3. The number of rotatable bonds is 9. The highest BCUT2D eigenvalue weighted by atomic mass is 35.5. The van der Waals surface area contributed by atoms with Crippen LogP contribution in [0.4, 0.5) is 0 Å². The van der Waals surface area contributed by atoms with E-state index in [2.05, 4.69) is 11.4 Å². The van der Waals surface area contributed by atoms with E-state index in [9.17, 15) is 14.9 Å². The van der Waals surface area contributed by atoms with Crippen LogP contribution in [0.3, 0.4) is 0 Å². The van der Waals surface area contributed by atoms with Crippen molar-refractivity contribution in [2.75, 3.05) is 19.5 Å². The molecule has 1 unspecified atom stereocenters. The second-order valence-electron chi connectivity index (χ2n) is 8.25. The van der Waals surface area contributed by atoms with Crippen LogP contribution in [0.2, 0.25) is 5.02 Å². The Hall–Kier alpha value is -3.99. The fourth-order valence-corrected chi connectivity index (χ4v) is 5.36. The average Bonchev–Trinajstić information content (AvgIpc) is 2.96. The Morgan fingerprint density at radius 2 is 1.71 bits per heavy atom. The molecule has 6 nitrogen and oxygen atoms in total. The molecule has 0 amide bonds. The van der Waals surface area contributed by atoms with Gasteiger partial charge in [0.2, 0.25) is 0 Å². The van der Waals surface area contributed by atoms with Gasteiger partial charge in [0.25, 0.3) is 0 Å². The van der Waals surface area contributed by atoms with E-state index in [1.54, 1.807) is 56.5 Å². The van der Waals surface area contributed by atoms with Crippen molar-refractivity contribution >= 4 is 40.8 Å². The third-order valence-corrected chi connectivity index (χ3v) is 7.35. The summed E-state index contributed by atoms with van der Waals surface area (Å²) in [5.74, 6) is -0.715. The molecule has 0 radical (unpaired) electrons. The quantitative estimate of drug-likeness (QED) is 0.247. The summed E-state index contributed by atoms with van der Waals surface area (Å²) in [6.07, 6.45) is 0. The predicted octanol–water partition coefficient (Wildman–Crippen LogP) is 6.36. The molecule has 1 aliphatic heterocycles. The van der Waals surface area contributed by atoms with Crippen molar-refractivity contribution in [1.82, 2.24) is 5.32 Å². The maximum atomic E-state index is 13.4. The summed E-state index contributed by atoms with van der Waals surface area (Å²) in [7, 11) is 1.56. The van der Waals surface area contributed by atoms with E-state index < -0.39 is 11.9 Å². The Morgan fingerprint density at radius 1 is 1.03 bits per heavy atom. The molecule has 38 heavy (non-hydrogen) atoms. The van der Waals surface area contributed by atoms with Gasteiger partial charge in [0.05, 0.1) is 53.3 Å². The maximum Gasteiger partial charge on any atom is 0.337 e. The van der Waals surface area contributed by atoms with Crippen LogP contribution >= 0.6 is 23.4 Å². The topological polar surface area (TPSA) is 88.4 Å². The van der Waals surface area contributed by atoms with Gasteiger partial charge in [-0.3, -0.25) is 4.79 Å². The highest BCUT2D eigenvalue weighted by Crippen LogP contribution is 2.45. The van der Waals surface area contributed by atoms with Gasteiger partial charge in [0.1, 0.15) is 5.75 Å². The molecule has 3 aromatic carbocycles. The molecule has 8 heteroatoms. The summed E-state index contributed by atoms with van der Waals surface area (Å²) < 4.78 is 10.6. The molecule has 1 heterocycles. The number of halogens is 1. The highest BCUT2D eigenvalue weighted by molar-refractivity contribution is 8.03. The zero-order chi connectivity index (χ0) is 27.1. The fourth-order valence-electron chi connectivity index (χ4n) is 4.18. The van der Waals surface area contributed by atoms with E-state index in [1.165, 1.54) is 11.8 Å². The number of allylic oxidation sites excluding steroid dienone is 1. The Labute approximate surface area is 230 Å².